The first kappa shape index (κ1) is 22.5. The topological polar surface area (TPSA) is 65.1 Å². The van der Waals surface area contributed by atoms with Crippen LogP contribution in [0.4, 0.5) is 22.9 Å². The van der Waals surface area contributed by atoms with E-state index < -0.39 is 0 Å². The Morgan fingerprint density at radius 3 is 2.71 bits per heavy atom. The van der Waals surface area contributed by atoms with Gasteiger partial charge in [0.2, 0.25) is 0 Å². The Hall–Kier alpha value is -3.52. The average molecular weight is 510 g/mol. The third kappa shape index (κ3) is 3.39. The summed E-state index contributed by atoms with van der Waals surface area (Å²) in [7, 11) is 0. The molecule has 2 unspecified atom stereocenters. The zero-order valence-electron chi connectivity index (χ0n) is 21.9. The number of fused-ring (bicyclic) bond motifs is 3. The SMILES string of the molecule is c1ccc2c(c1)CCN2c1c(N2CCNC2)c(-c2cnon2)n2c(N3CCCC4CCCCC43)cccc12. The summed E-state index contributed by atoms with van der Waals surface area (Å²) < 4.78 is 7.71. The molecule has 3 aliphatic heterocycles. The Kier molecular flexibility index (Phi) is 5.35. The molecule has 0 bridgehead atoms. The molecule has 4 aliphatic rings. The molecule has 1 aliphatic carbocycles. The summed E-state index contributed by atoms with van der Waals surface area (Å²) in [6, 6.07) is 16.4. The predicted octanol–water partition coefficient (Wildman–Crippen LogP) is 5.21. The number of piperidine rings is 1. The van der Waals surface area contributed by atoms with Crippen molar-refractivity contribution >= 4 is 28.4 Å². The quantitative estimate of drug-likeness (QED) is 0.405. The Labute approximate surface area is 223 Å². The van der Waals surface area contributed by atoms with E-state index in [0.717, 1.165) is 56.6 Å². The maximum Gasteiger partial charge on any atom is 0.154 e. The lowest BCUT2D eigenvalue weighted by Crippen LogP contribution is -2.47. The third-order valence-corrected chi connectivity index (χ3v) is 9.36. The monoisotopic (exact) mass is 509 g/mol. The van der Waals surface area contributed by atoms with Gasteiger partial charge in [0.15, 0.2) is 5.69 Å². The Morgan fingerprint density at radius 2 is 1.82 bits per heavy atom. The molecule has 1 saturated carbocycles. The normalized spacial score (nSPS) is 23.3. The highest BCUT2D eigenvalue weighted by Gasteiger charge is 2.38. The lowest BCUT2D eigenvalue weighted by Gasteiger charge is -2.45. The molecule has 6 heterocycles. The summed E-state index contributed by atoms with van der Waals surface area (Å²) >= 11 is 0. The minimum absolute atomic E-state index is 0.613. The standard InChI is InChI=1S/C30H35N7O/c1-3-10-24-21(7-1)9-6-16-35(24)27-13-5-12-26-29(36-17-14-22-8-2-4-11-25(22)36)30(34-18-15-31-20-34)28(37(26)27)23-19-32-38-33-23/h2,4-5,8,11-13,19,21,24,31H,1,3,6-7,9-10,14-18,20H2. The van der Waals surface area contributed by atoms with Crippen molar-refractivity contribution in [2.24, 2.45) is 5.92 Å². The van der Waals surface area contributed by atoms with Crippen LogP contribution in [-0.2, 0) is 6.42 Å². The van der Waals surface area contributed by atoms with E-state index in [0.29, 0.717) is 6.04 Å². The molecule has 0 amide bonds. The Morgan fingerprint density at radius 1 is 0.895 bits per heavy atom. The lowest BCUT2D eigenvalue weighted by molar-refractivity contribution is 0.242. The number of nitrogens with zero attached hydrogens (tertiary/aromatic N) is 6. The number of benzene rings is 1. The number of para-hydroxylation sites is 1. The largest absolute Gasteiger partial charge is 0.354 e. The van der Waals surface area contributed by atoms with Gasteiger partial charge >= 0.3 is 0 Å². The van der Waals surface area contributed by atoms with E-state index in [1.807, 2.05) is 0 Å². The van der Waals surface area contributed by atoms with Gasteiger partial charge in [-0.05, 0) is 66.9 Å². The van der Waals surface area contributed by atoms with Crippen molar-refractivity contribution in [3.05, 3.63) is 54.2 Å². The van der Waals surface area contributed by atoms with Crippen LogP contribution in [0.25, 0.3) is 16.9 Å². The minimum atomic E-state index is 0.613. The highest BCUT2D eigenvalue weighted by Crippen LogP contribution is 2.51. The number of rotatable bonds is 4. The van der Waals surface area contributed by atoms with Gasteiger partial charge in [0, 0.05) is 37.9 Å². The van der Waals surface area contributed by atoms with Crippen LogP contribution in [0.3, 0.4) is 0 Å². The van der Waals surface area contributed by atoms with E-state index in [1.165, 1.54) is 72.5 Å². The number of hydrogen-bond donors (Lipinski definition) is 1. The van der Waals surface area contributed by atoms with Crippen LogP contribution in [0.2, 0.25) is 0 Å². The Balaban J connectivity index is 1.41. The van der Waals surface area contributed by atoms with E-state index >= 15 is 0 Å². The van der Waals surface area contributed by atoms with E-state index in [1.54, 1.807) is 6.20 Å². The maximum absolute atomic E-state index is 5.22. The molecule has 3 fully saturated rings. The fraction of sp³-hybridized carbons (Fsp3) is 0.467. The molecule has 0 spiro atoms. The third-order valence-electron chi connectivity index (χ3n) is 9.36. The fourth-order valence-corrected chi connectivity index (χ4v) is 7.73. The Bertz CT molecular complexity index is 1450. The molecule has 1 N–H and O–H groups in total. The molecule has 196 valence electrons. The van der Waals surface area contributed by atoms with Crippen LogP contribution >= 0.6 is 0 Å². The summed E-state index contributed by atoms with van der Waals surface area (Å²) in [5, 5.41) is 12.1. The van der Waals surface area contributed by atoms with Crippen LogP contribution in [0.1, 0.15) is 44.1 Å². The number of pyridine rings is 1. The first-order chi connectivity index (χ1) is 18.9. The van der Waals surface area contributed by atoms with Gasteiger partial charge in [0.1, 0.15) is 17.7 Å². The van der Waals surface area contributed by atoms with Crippen molar-refractivity contribution < 1.29 is 4.63 Å². The second kappa shape index (κ2) is 9.05. The lowest BCUT2D eigenvalue weighted by atomic mass is 9.78. The number of hydrogen-bond acceptors (Lipinski definition) is 7. The van der Waals surface area contributed by atoms with Gasteiger partial charge in [0.25, 0.3) is 0 Å². The minimum Gasteiger partial charge on any atom is -0.354 e. The van der Waals surface area contributed by atoms with Crippen molar-refractivity contribution in [1.29, 1.82) is 0 Å². The summed E-state index contributed by atoms with van der Waals surface area (Å²) in [6.45, 7) is 4.84. The summed E-state index contributed by atoms with van der Waals surface area (Å²) in [5.41, 5.74) is 8.36. The van der Waals surface area contributed by atoms with Gasteiger partial charge in [-0.2, -0.15) is 0 Å². The molecule has 2 saturated heterocycles. The molecule has 8 nitrogen and oxygen atoms in total. The summed E-state index contributed by atoms with van der Waals surface area (Å²) in [6.07, 6.45) is 10.8. The average Bonchev–Trinajstić information content (AvgIpc) is 3.77. The van der Waals surface area contributed by atoms with Crippen molar-refractivity contribution in [2.75, 3.05) is 47.5 Å². The summed E-state index contributed by atoms with van der Waals surface area (Å²) in [4.78, 5) is 7.75. The predicted molar refractivity (Wildman–Crippen MR) is 150 cm³/mol. The molecule has 38 heavy (non-hydrogen) atoms. The van der Waals surface area contributed by atoms with Gasteiger partial charge in [0.05, 0.1) is 23.6 Å². The maximum atomic E-state index is 5.22. The number of anilines is 4. The van der Waals surface area contributed by atoms with Crippen LogP contribution in [0, 0.1) is 5.92 Å². The van der Waals surface area contributed by atoms with Crippen molar-refractivity contribution in [1.82, 2.24) is 20.0 Å². The van der Waals surface area contributed by atoms with Crippen molar-refractivity contribution in [3.8, 4) is 11.4 Å². The van der Waals surface area contributed by atoms with Gasteiger partial charge in [-0.15, -0.1) is 0 Å². The van der Waals surface area contributed by atoms with Crippen LogP contribution in [-0.4, -0.2) is 53.6 Å². The molecular formula is C30H35N7O. The van der Waals surface area contributed by atoms with Crippen LogP contribution in [0.15, 0.2) is 53.3 Å². The smallest absolute Gasteiger partial charge is 0.154 e. The van der Waals surface area contributed by atoms with Gasteiger partial charge in [-0.1, -0.05) is 42.3 Å². The summed E-state index contributed by atoms with van der Waals surface area (Å²) in [5.74, 6) is 2.08. The number of nitrogens with one attached hydrogen (secondary N) is 1. The van der Waals surface area contributed by atoms with Gasteiger partial charge in [-0.25, -0.2) is 4.63 Å². The first-order valence-corrected chi connectivity index (χ1v) is 14.4. The van der Waals surface area contributed by atoms with Gasteiger partial charge in [-0.3, -0.25) is 9.72 Å². The molecule has 1 aromatic carbocycles. The zero-order chi connectivity index (χ0) is 25.1. The first-order valence-electron chi connectivity index (χ1n) is 14.4. The van der Waals surface area contributed by atoms with E-state index in [-0.39, 0.29) is 0 Å². The van der Waals surface area contributed by atoms with Crippen LogP contribution in [0.5, 0.6) is 0 Å². The van der Waals surface area contributed by atoms with E-state index in [4.69, 9.17) is 4.63 Å². The second-order valence-corrected chi connectivity index (χ2v) is 11.3. The second-order valence-electron chi connectivity index (χ2n) is 11.3. The molecule has 3 aromatic heterocycles. The van der Waals surface area contributed by atoms with Crippen molar-refractivity contribution in [2.45, 2.75) is 51.0 Å². The highest BCUT2D eigenvalue weighted by molar-refractivity contribution is 6.01. The fourth-order valence-electron chi connectivity index (χ4n) is 7.73. The van der Waals surface area contributed by atoms with E-state index in [9.17, 15) is 0 Å². The van der Waals surface area contributed by atoms with Crippen molar-refractivity contribution in [3.63, 3.8) is 0 Å². The molecular weight excluding hydrogens is 474 g/mol. The highest BCUT2D eigenvalue weighted by atomic mass is 16.6. The molecule has 8 heteroatoms. The molecule has 0 radical (unpaired) electrons. The van der Waals surface area contributed by atoms with Crippen LogP contribution < -0.4 is 20.0 Å². The molecule has 8 rings (SSSR count). The number of aromatic nitrogens is 3. The van der Waals surface area contributed by atoms with E-state index in [2.05, 4.69) is 77.2 Å². The molecule has 4 aromatic rings. The van der Waals surface area contributed by atoms with Gasteiger partial charge < -0.3 is 14.7 Å². The molecule has 2 atom stereocenters. The zero-order valence-corrected chi connectivity index (χ0v) is 21.9.